The van der Waals surface area contributed by atoms with Crippen LogP contribution in [-0.2, 0) is 4.74 Å². The smallest absolute Gasteiger partial charge is 0.0813 e. The van der Waals surface area contributed by atoms with Crippen LogP contribution in [0.15, 0.2) is 22.7 Å². The predicted octanol–water partition coefficient (Wildman–Crippen LogP) is 2.23. The van der Waals surface area contributed by atoms with Gasteiger partial charge in [0.15, 0.2) is 0 Å². The highest BCUT2D eigenvalue weighted by atomic mass is 79.9. The van der Waals surface area contributed by atoms with E-state index in [1.54, 1.807) is 14.0 Å². The van der Waals surface area contributed by atoms with Gasteiger partial charge in [0.05, 0.1) is 17.0 Å². The molecule has 4 N–H and O–H groups in total. The van der Waals surface area contributed by atoms with Crippen molar-refractivity contribution in [3.8, 4) is 0 Å². The first-order valence-electron chi connectivity index (χ1n) is 5.45. The summed E-state index contributed by atoms with van der Waals surface area (Å²) in [7, 11) is 1.62. The quantitative estimate of drug-likeness (QED) is 0.705. The van der Waals surface area contributed by atoms with Gasteiger partial charge < -0.3 is 20.9 Å². The zero-order valence-corrected chi connectivity index (χ0v) is 11.8. The van der Waals surface area contributed by atoms with Crippen molar-refractivity contribution in [1.82, 2.24) is 0 Å². The van der Waals surface area contributed by atoms with Gasteiger partial charge in [-0.2, -0.15) is 0 Å². The summed E-state index contributed by atoms with van der Waals surface area (Å²) in [5, 5.41) is 13.2. The molecule has 5 heteroatoms. The minimum Gasteiger partial charge on any atom is -0.397 e. The van der Waals surface area contributed by atoms with Crippen LogP contribution >= 0.6 is 15.9 Å². The topological polar surface area (TPSA) is 67.5 Å². The number of benzene rings is 1. The van der Waals surface area contributed by atoms with Gasteiger partial charge in [0.2, 0.25) is 0 Å². The maximum atomic E-state index is 10.1. The summed E-state index contributed by atoms with van der Waals surface area (Å²) >= 11 is 3.35. The van der Waals surface area contributed by atoms with Crippen LogP contribution < -0.4 is 11.1 Å². The Morgan fingerprint density at radius 3 is 2.82 bits per heavy atom. The second-order valence-electron chi connectivity index (χ2n) is 4.32. The van der Waals surface area contributed by atoms with Gasteiger partial charge in [0.1, 0.15) is 0 Å². The Morgan fingerprint density at radius 1 is 1.53 bits per heavy atom. The number of hydrogen-bond donors (Lipinski definition) is 3. The number of aliphatic hydroxyl groups is 1. The summed E-state index contributed by atoms with van der Waals surface area (Å²) in [6, 6.07) is 5.61. The Hall–Kier alpha value is -0.780. The van der Waals surface area contributed by atoms with Crippen molar-refractivity contribution >= 4 is 27.3 Å². The normalized spacial score (nSPS) is 14.4. The van der Waals surface area contributed by atoms with E-state index < -0.39 is 5.60 Å². The van der Waals surface area contributed by atoms with E-state index in [4.69, 9.17) is 10.5 Å². The fourth-order valence-electron chi connectivity index (χ4n) is 1.39. The summed E-state index contributed by atoms with van der Waals surface area (Å²) in [5.41, 5.74) is 6.52. The first kappa shape index (κ1) is 14.3. The molecule has 17 heavy (non-hydrogen) atoms. The average Bonchev–Trinajstić information content (AvgIpc) is 2.25. The van der Waals surface area contributed by atoms with Gasteiger partial charge in [-0.15, -0.1) is 0 Å². The lowest BCUT2D eigenvalue weighted by Crippen LogP contribution is -2.34. The van der Waals surface area contributed by atoms with Gasteiger partial charge in [0.25, 0.3) is 0 Å². The van der Waals surface area contributed by atoms with Gasteiger partial charge in [0, 0.05) is 31.2 Å². The van der Waals surface area contributed by atoms with Crippen LogP contribution in [0.25, 0.3) is 0 Å². The van der Waals surface area contributed by atoms with Gasteiger partial charge in [-0.3, -0.25) is 0 Å². The monoisotopic (exact) mass is 302 g/mol. The van der Waals surface area contributed by atoms with Gasteiger partial charge in [-0.05, 0) is 25.1 Å². The van der Waals surface area contributed by atoms with Crippen LogP contribution in [0.3, 0.4) is 0 Å². The van der Waals surface area contributed by atoms with Crippen molar-refractivity contribution < 1.29 is 9.84 Å². The van der Waals surface area contributed by atoms with E-state index in [1.165, 1.54) is 0 Å². The van der Waals surface area contributed by atoms with E-state index in [-0.39, 0.29) is 0 Å². The Bertz CT molecular complexity index is 370. The zero-order chi connectivity index (χ0) is 12.9. The summed E-state index contributed by atoms with van der Waals surface area (Å²) in [6.45, 7) is 2.74. The third-order valence-corrected chi connectivity index (χ3v) is 3.01. The van der Waals surface area contributed by atoms with Crippen LogP contribution in [0.1, 0.15) is 13.3 Å². The molecule has 0 aromatic heterocycles. The fraction of sp³-hybridized carbons (Fsp3) is 0.500. The fourth-order valence-corrected chi connectivity index (χ4v) is 1.77. The minimum absolute atomic E-state index is 0.433. The molecule has 0 fully saturated rings. The number of halogens is 1. The molecule has 1 atom stereocenters. The molecule has 0 amide bonds. The molecule has 0 aliphatic heterocycles. The Morgan fingerprint density at radius 2 is 2.24 bits per heavy atom. The summed E-state index contributed by atoms with van der Waals surface area (Å²) in [6.07, 6.45) is 0.576. The van der Waals surface area contributed by atoms with Gasteiger partial charge in [-0.25, -0.2) is 0 Å². The number of nitrogen functional groups attached to an aromatic ring is 1. The molecule has 0 saturated heterocycles. The van der Waals surface area contributed by atoms with Crippen molar-refractivity contribution in [1.29, 1.82) is 0 Å². The minimum atomic E-state index is -0.810. The number of hydrogen-bond acceptors (Lipinski definition) is 4. The molecule has 1 rings (SSSR count). The second-order valence-corrected chi connectivity index (χ2v) is 5.24. The third-order valence-electron chi connectivity index (χ3n) is 2.52. The highest BCUT2D eigenvalue weighted by Gasteiger charge is 2.19. The molecule has 0 bridgehead atoms. The van der Waals surface area contributed by atoms with Crippen LogP contribution in [-0.4, -0.2) is 31.0 Å². The Labute approximate surface area is 110 Å². The number of methoxy groups -OCH3 is 1. The van der Waals surface area contributed by atoms with Crippen molar-refractivity contribution in [2.45, 2.75) is 18.9 Å². The summed E-state index contributed by atoms with van der Waals surface area (Å²) < 4.78 is 5.89. The molecule has 96 valence electrons. The molecular weight excluding hydrogens is 284 g/mol. The maximum Gasteiger partial charge on any atom is 0.0813 e. The van der Waals surface area contributed by atoms with Gasteiger partial charge >= 0.3 is 0 Å². The second kappa shape index (κ2) is 6.23. The molecule has 1 unspecified atom stereocenters. The summed E-state index contributed by atoms with van der Waals surface area (Å²) in [5.74, 6) is 0. The molecule has 1 aromatic rings. The lowest BCUT2D eigenvalue weighted by Gasteiger charge is -2.24. The van der Waals surface area contributed by atoms with Crippen LogP contribution in [0.4, 0.5) is 11.4 Å². The number of nitrogens with two attached hydrogens (primary N) is 1. The first-order chi connectivity index (χ1) is 7.94. The molecule has 0 aliphatic rings. The molecule has 0 radical (unpaired) electrons. The van der Waals surface area contributed by atoms with Crippen LogP contribution in [0.2, 0.25) is 0 Å². The highest BCUT2D eigenvalue weighted by molar-refractivity contribution is 9.10. The van der Waals surface area contributed by atoms with E-state index in [9.17, 15) is 5.11 Å². The predicted molar refractivity (Wildman–Crippen MR) is 74.2 cm³/mol. The third kappa shape index (κ3) is 4.93. The van der Waals surface area contributed by atoms with Gasteiger partial charge in [-0.1, -0.05) is 15.9 Å². The molecule has 0 saturated carbocycles. The van der Waals surface area contributed by atoms with Crippen LogP contribution in [0.5, 0.6) is 0 Å². The lowest BCUT2D eigenvalue weighted by molar-refractivity contribution is 0.0358. The van der Waals surface area contributed by atoms with E-state index in [0.717, 1.165) is 10.2 Å². The highest BCUT2D eigenvalue weighted by Crippen LogP contribution is 2.23. The van der Waals surface area contributed by atoms with Crippen molar-refractivity contribution in [2.75, 3.05) is 31.3 Å². The van der Waals surface area contributed by atoms with E-state index in [1.807, 2.05) is 18.2 Å². The van der Waals surface area contributed by atoms with Crippen molar-refractivity contribution in [3.63, 3.8) is 0 Å². The molecule has 0 heterocycles. The van der Waals surface area contributed by atoms with Crippen molar-refractivity contribution in [2.24, 2.45) is 0 Å². The van der Waals surface area contributed by atoms with Crippen LogP contribution in [0, 0.1) is 0 Å². The standard InChI is InChI=1S/C12H19BrN2O2/c1-12(16,5-6-17-2)8-15-11-4-3-9(13)7-10(11)14/h3-4,7,15-16H,5-6,8,14H2,1-2H3. The molecule has 1 aromatic carbocycles. The number of anilines is 2. The Kier molecular flexibility index (Phi) is 5.24. The molecular formula is C12H19BrN2O2. The Balaban J connectivity index is 2.54. The van der Waals surface area contributed by atoms with E-state index in [0.29, 0.717) is 25.3 Å². The van der Waals surface area contributed by atoms with E-state index in [2.05, 4.69) is 21.2 Å². The molecule has 0 spiro atoms. The largest absolute Gasteiger partial charge is 0.397 e. The SMILES string of the molecule is COCCC(C)(O)CNc1ccc(Br)cc1N. The first-order valence-corrected chi connectivity index (χ1v) is 6.24. The number of nitrogens with one attached hydrogen (secondary N) is 1. The maximum absolute atomic E-state index is 10.1. The molecule has 4 nitrogen and oxygen atoms in total. The number of rotatable bonds is 6. The average molecular weight is 303 g/mol. The number of ether oxygens (including phenoxy) is 1. The molecule has 0 aliphatic carbocycles. The van der Waals surface area contributed by atoms with E-state index >= 15 is 0 Å². The summed E-state index contributed by atoms with van der Waals surface area (Å²) in [4.78, 5) is 0. The zero-order valence-electron chi connectivity index (χ0n) is 10.2. The van der Waals surface area contributed by atoms with Crippen molar-refractivity contribution in [3.05, 3.63) is 22.7 Å². The lowest BCUT2D eigenvalue weighted by atomic mass is 10.0.